The van der Waals surface area contributed by atoms with Gasteiger partial charge in [0.05, 0.1) is 22.8 Å². The van der Waals surface area contributed by atoms with E-state index in [0.29, 0.717) is 40.9 Å². The summed E-state index contributed by atoms with van der Waals surface area (Å²) in [6.45, 7) is 1.87. The minimum Gasteiger partial charge on any atom is -0.460 e. The molecule has 3 heterocycles. The van der Waals surface area contributed by atoms with Crippen LogP contribution in [0.25, 0.3) is 11.3 Å². The number of benzene rings is 1. The minimum absolute atomic E-state index is 0.163. The van der Waals surface area contributed by atoms with Gasteiger partial charge in [-0.3, -0.25) is 14.7 Å². The number of hydrogen-bond acceptors (Lipinski definition) is 5. The Morgan fingerprint density at radius 3 is 2.96 bits per heavy atom. The van der Waals surface area contributed by atoms with E-state index in [9.17, 15) is 4.79 Å². The van der Waals surface area contributed by atoms with Crippen molar-refractivity contribution in [3.05, 3.63) is 67.7 Å². The molecular weight excluding hydrogens is 375 g/mol. The number of fused-ring (bicyclic) bond motifs is 1. The standard InChI is InChI=1S/C18H16Cl2N4O2/c19-10-1-3-14(20)12(7-10)16-4-2-11(26-16)8-24-6-5-15-13(9-24)17(25)23-18(21)22-15/h1-4,7H,5-6,8-9H2,(H3,21,22,23,25). The summed E-state index contributed by atoms with van der Waals surface area (Å²) in [4.78, 5) is 21.0. The van der Waals surface area contributed by atoms with Gasteiger partial charge in [0.25, 0.3) is 5.56 Å². The van der Waals surface area contributed by atoms with Crippen LogP contribution in [0.2, 0.25) is 10.0 Å². The number of H-pyrrole nitrogens is 1. The van der Waals surface area contributed by atoms with Gasteiger partial charge in [-0.15, -0.1) is 0 Å². The molecule has 134 valence electrons. The van der Waals surface area contributed by atoms with Crippen molar-refractivity contribution in [1.29, 1.82) is 0 Å². The van der Waals surface area contributed by atoms with Gasteiger partial charge in [-0.05, 0) is 30.3 Å². The van der Waals surface area contributed by atoms with Gasteiger partial charge < -0.3 is 10.2 Å². The first-order valence-electron chi connectivity index (χ1n) is 8.13. The Hall–Kier alpha value is -2.28. The number of hydrogen-bond donors (Lipinski definition) is 2. The molecule has 0 amide bonds. The summed E-state index contributed by atoms with van der Waals surface area (Å²) in [6, 6.07) is 9.04. The van der Waals surface area contributed by atoms with Gasteiger partial charge in [-0.2, -0.15) is 0 Å². The van der Waals surface area contributed by atoms with Gasteiger partial charge in [0.2, 0.25) is 5.95 Å². The maximum absolute atomic E-state index is 12.1. The summed E-state index contributed by atoms with van der Waals surface area (Å²) in [6.07, 6.45) is 0.678. The fourth-order valence-electron chi connectivity index (χ4n) is 3.15. The number of anilines is 1. The number of nitrogens with zero attached hydrogens (tertiary/aromatic N) is 2. The lowest BCUT2D eigenvalue weighted by molar-refractivity contribution is 0.223. The van der Waals surface area contributed by atoms with Gasteiger partial charge in [0, 0.05) is 30.1 Å². The van der Waals surface area contributed by atoms with Gasteiger partial charge in [-0.25, -0.2) is 4.98 Å². The van der Waals surface area contributed by atoms with Crippen LogP contribution in [0, 0.1) is 0 Å². The van der Waals surface area contributed by atoms with Gasteiger partial charge in [0.15, 0.2) is 0 Å². The van der Waals surface area contributed by atoms with Crippen LogP contribution in [0.4, 0.5) is 5.95 Å². The van der Waals surface area contributed by atoms with Crippen LogP contribution in [0.5, 0.6) is 0 Å². The van der Waals surface area contributed by atoms with E-state index in [1.165, 1.54) is 0 Å². The quantitative estimate of drug-likeness (QED) is 0.714. The van der Waals surface area contributed by atoms with E-state index in [-0.39, 0.29) is 11.5 Å². The number of aromatic nitrogens is 2. The van der Waals surface area contributed by atoms with Crippen molar-refractivity contribution >= 4 is 29.2 Å². The predicted molar refractivity (Wildman–Crippen MR) is 101 cm³/mol. The highest BCUT2D eigenvalue weighted by atomic mass is 35.5. The Kier molecular flexibility index (Phi) is 4.48. The smallest absolute Gasteiger partial charge is 0.257 e. The van der Waals surface area contributed by atoms with Crippen molar-refractivity contribution in [1.82, 2.24) is 14.9 Å². The molecule has 4 rings (SSSR count). The van der Waals surface area contributed by atoms with Crippen molar-refractivity contribution in [2.24, 2.45) is 0 Å². The number of nitrogens with one attached hydrogen (secondary N) is 1. The molecule has 3 aromatic rings. The largest absolute Gasteiger partial charge is 0.460 e. The number of nitrogens with two attached hydrogens (primary N) is 1. The second-order valence-corrected chi connectivity index (χ2v) is 7.07. The van der Waals surface area contributed by atoms with Crippen molar-refractivity contribution < 1.29 is 4.42 Å². The molecule has 2 aromatic heterocycles. The highest BCUT2D eigenvalue weighted by molar-refractivity contribution is 6.35. The van der Waals surface area contributed by atoms with E-state index in [1.807, 2.05) is 12.1 Å². The SMILES string of the molecule is Nc1nc2c(c(=O)[nH]1)CN(Cc1ccc(-c3cc(Cl)ccc3Cl)o1)CC2. The first kappa shape index (κ1) is 17.1. The Bertz CT molecular complexity index is 1030. The van der Waals surface area contributed by atoms with Crippen LogP contribution in [0.1, 0.15) is 17.0 Å². The van der Waals surface area contributed by atoms with Crippen LogP contribution in [-0.2, 0) is 19.5 Å². The molecule has 0 saturated carbocycles. The van der Waals surface area contributed by atoms with Crippen molar-refractivity contribution in [2.45, 2.75) is 19.5 Å². The van der Waals surface area contributed by atoms with Crippen LogP contribution < -0.4 is 11.3 Å². The number of furan rings is 1. The maximum Gasteiger partial charge on any atom is 0.257 e. The van der Waals surface area contributed by atoms with Crippen LogP contribution in [-0.4, -0.2) is 21.4 Å². The molecule has 0 atom stereocenters. The topological polar surface area (TPSA) is 88.1 Å². The molecule has 1 aliphatic rings. The molecule has 0 fully saturated rings. The molecule has 6 nitrogen and oxygen atoms in total. The monoisotopic (exact) mass is 390 g/mol. The lowest BCUT2D eigenvalue weighted by Crippen LogP contribution is -2.35. The van der Waals surface area contributed by atoms with Gasteiger partial charge >= 0.3 is 0 Å². The highest BCUT2D eigenvalue weighted by Gasteiger charge is 2.22. The molecule has 3 N–H and O–H groups in total. The summed E-state index contributed by atoms with van der Waals surface area (Å²) in [5, 5.41) is 1.18. The average Bonchev–Trinajstić information content (AvgIpc) is 3.06. The fourth-order valence-corrected chi connectivity index (χ4v) is 3.53. The summed E-state index contributed by atoms with van der Waals surface area (Å²) < 4.78 is 5.94. The lowest BCUT2D eigenvalue weighted by Gasteiger charge is -2.26. The maximum atomic E-state index is 12.1. The van der Waals surface area contributed by atoms with Crippen molar-refractivity contribution in [2.75, 3.05) is 12.3 Å². The highest BCUT2D eigenvalue weighted by Crippen LogP contribution is 2.32. The van der Waals surface area contributed by atoms with Crippen LogP contribution in [0.3, 0.4) is 0 Å². The Balaban J connectivity index is 1.53. The molecule has 0 bridgehead atoms. The Labute approximate surface area is 159 Å². The van der Waals surface area contributed by atoms with Crippen LogP contribution >= 0.6 is 23.2 Å². The number of nitrogen functional groups attached to an aromatic ring is 1. The number of halogens is 2. The molecule has 0 unspecified atom stereocenters. The van der Waals surface area contributed by atoms with Crippen molar-refractivity contribution in [3.63, 3.8) is 0 Å². The van der Waals surface area contributed by atoms with E-state index in [2.05, 4.69) is 14.9 Å². The lowest BCUT2D eigenvalue weighted by atomic mass is 10.1. The number of aromatic amines is 1. The van der Waals surface area contributed by atoms with Gasteiger partial charge in [-0.1, -0.05) is 23.2 Å². The normalized spacial score (nSPS) is 14.4. The predicted octanol–water partition coefficient (Wildman–Crippen LogP) is 3.48. The molecule has 26 heavy (non-hydrogen) atoms. The Morgan fingerprint density at radius 1 is 1.27 bits per heavy atom. The van der Waals surface area contributed by atoms with Crippen molar-refractivity contribution in [3.8, 4) is 11.3 Å². The zero-order valence-corrected chi connectivity index (χ0v) is 15.3. The van der Waals surface area contributed by atoms with Gasteiger partial charge in [0.1, 0.15) is 11.5 Å². The summed E-state index contributed by atoms with van der Waals surface area (Å²) >= 11 is 12.3. The van der Waals surface area contributed by atoms with E-state index in [4.69, 9.17) is 33.4 Å². The molecule has 0 radical (unpaired) electrons. The second-order valence-electron chi connectivity index (χ2n) is 6.23. The zero-order valence-electron chi connectivity index (χ0n) is 13.8. The second kappa shape index (κ2) is 6.79. The number of rotatable bonds is 3. The third-order valence-electron chi connectivity index (χ3n) is 4.40. The molecule has 1 aromatic carbocycles. The van der Waals surface area contributed by atoms with Crippen LogP contribution in [0.15, 0.2) is 39.5 Å². The van der Waals surface area contributed by atoms with E-state index in [1.54, 1.807) is 18.2 Å². The zero-order chi connectivity index (χ0) is 18.3. The molecular formula is C18H16Cl2N4O2. The van der Waals surface area contributed by atoms with E-state index < -0.39 is 0 Å². The molecule has 1 aliphatic heterocycles. The molecule has 0 aliphatic carbocycles. The Morgan fingerprint density at radius 2 is 2.12 bits per heavy atom. The van der Waals surface area contributed by atoms with E-state index >= 15 is 0 Å². The van der Waals surface area contributed by atoms with E-state index in [0.717, 1.165) is 23.6 Å². The fraction of sp³-hybridized carbons (Fsp3) is 0.222. The molecule has 0 saturated heterocycles. The first-order chi connectivity index (χ1) is 12.5. The summed E-state index contributed by atoms with van der Waals surface area (Å²) in [5.41, 5.74) is 7.62. The molecule has 8 heteroatoms. The molecule has 0 spiro atoms. The summed E-state index contributed by atoms with van der Waals surface area (Å²) in [5.74, 6) is 1.62. The summed E-state index contributed by atoms with van der Waals surface area (Å²) in [7, 11) is 0. The average molecular weight is 391 g/mol. The third-order valence-corrected chi connectivity index (χ3v) is 4.97. The third kappa shape index (κ3) is 3.35. The minimum atomic E-state index is -0.178. The first-order valence-corrected chi connectivity index (χ1v) is 8.89.